The van der Waals surface area contributed by atoms with Crippen molar-refractivity contribution < 1.29 is 24.3 Å². The number of aliphatic carboxylic acids is 1. The molecule has 1 heterocycles. The maximum absolute atomic E-state index is 13.3. The van der Waals surface area contributed by atoms with E-state index in [9.17, 15) is 24.3 Å². The highest BCUT2D eigenvalue weighted by Crippen LogP contribution is 2.28. The van der Waals surface area contributed by atoms with Crippen LogP contribution in [0.3, 0.4) is 0 Å². The summed E-state index contributed by atoms with van der Waals surface area (Å²) in [7, 11) is 1.70. The van der Waals surface area contributed by atoms with Gasteiger partial charge in [0.05, 0.1) is 17.2 Å². The number of carboxylic acids is 1. The topological polar surface area (TPSA) is 107 Å². The van der Waals surface area contributed by atoms with Crippen LogP contribution < -0.4 is 5.32 Å². The number of nitrogens with one attached hydrogen (secondary N) is 1. The molecule has 0 saturated heterocycles. The van der Waals surface area contributed by atoms with Crippen LogP contribution in [0.2, 0.25) is 0 Å². The number of nitrogens with zero attached hydrogens (tertiary/aromatic N) is 2. The molecule has 2 atom stereocenters. The molecule has 38 heavy (non-hydrogen) atoms. The number of fused-ring (bicyclic) bond motifs is 2. The Kier molecular flexibility index (Phi) is 8.22. The molecule has 8 nitrogen and oxygen atoms in total. The molecule has 0 aliphatic carbocycles. The molecule has 8 heteroatoms. The predicted molar refractivity (Wildman–Crippen MR) is 145 cm³/mol. The Morgan fingerprint density at radius 3 is 1.97 bits per heavy atom. The van der Waals surface area contributed by atoms with Crippen molar-refractivity contribution in [3.05, 3.63) is 83.4 Å². The first kappa shape index (κ1) is 27.0. The highest BCUT2D eigenvalue weighted by molar-refractivity contribution is 6.23. The zero-order valence-electron chi connectivity index (χ0n) is 21.9. The molecule has 0 radical (unpaired) electrons. The molecular formula is C30H33N3O5. The average Bonchev–Trinajstić information content (AvgIpc) is 3.12. The molecule has 0 fully saturated rings. The first-order chi connectivity index (χ1) is 18.2. The molecule has 1 unspecified atom stereocenters. The maximum atomic E-state index is 13.3. The summed E-state index contributed by atoms with van der Waals surface area (Å²) in [6.07, 6.45) is 0.423. The van der Waals surface area contributed by atoms with Gasteiger partial charge in [0.25, 0.3) is 11.8 Å². The Balaban J connectivity index is 1.46. The molecule has 2 N–H and O–H groups in total. The minimum atomic E-state index is -1.14. The molecule has 3 amide bonds. The molecule has 3 aromatic carbocycles. The van der Waals surface area contributed by atoms with E-state index in [1.165, 1.54) is 0 Å². The van der Waals surface area contributed by atoms with Gasteiger partial charge in [-0.25, -0.2) is 0 Å². The van der Waals surface area contributed by atoms with Gasteiger partial charge in [0.2, 0.25) is 5.91 Å². The lowest BCUT2D eigenvalue weighted by molar-refractivity contribution is -0.141. The monoisotopic (exact) mass is 515 g/mol. The van der Waals surface area contributed by atoms with Gasteiger partial charge < -0.3 is 10.0 Å². The van der Waals surface area contributed by atoms with Crippen molar-refractivity contribution in [1.29, 1.82) is 0 Å². The number of likely N-dealkylation sites (N-methyl/N-ethyl adjacent to an activating group) is 1. The van der Waals surface area contributed by atoms with Crippen molar-refractivity contribution in [2.75, 3.05) is 13.6 Å². The number of rotatable bonds is 11. The van der Waals surface area contributed by atoms with Crippen LogP contribution in [0.4, 0.5) is 0 Å². The lowest BCUT2D eigenvalue weighted by Gasteiger charge is -2.29. The normalized spacial score (nSPS) is 14.6. The van der Waals surface area contributed by atoms with E-state index in [4.69, 9.17) is 0 Å². The minimum Gasteiger partial charge on any atom is -0.480 e. The van der Waals surface area contributed by atoms with Gasteiger partial charge in [-0.3, -0.25) is 29.4 Å². The molecule has 0 spiro atoms. The van der Waals surface area contributed by atoms with Crippen molar-refractivity contribution in [2.45, 2.75) is 45.3 Å². The number of imide groups is 1. The molecule has 3 aromatic rings. The van der Waals surface area contributed by atoms with E-state index >= 15 is 0 Å². The zero-order valence-corrected chi connectivity index (χ0v) is 21.9. The van der Waals surface area contributed by atoms with Crippen LogP contribution in [0.25, 0.3) is 10.8 Å². The van der Waals surface area contributed by atoms with Gasteiger partial charge in [-0.2, -0.15) is 0 Å². The second-order valence-corrected chi connectivity index (χ2v) is 10.2. The van der Waals surface area contributed by atoms with Crippen molar-refractivity contribution in [1.82, 2.24) is 15.1 Å². The van der Waals surface area contributed by atoms with Crippen molar-refractivity contribution in [2.24, 2.45) is 5.92 Å². The van der Waals surface area contributed by atoms with E-state index in [0.717, 1.165) is 21.2 Å². The van der Waals surface area contributed by atoms with E-state index in [1.54, 1.807) is 24.1 Å². The second-order valence-electron chi connectivity index (χ2n) is 10.2. The number of benzene rings is 3. The highest BCUT2D eigenvalue weighted by atomic mass is 16.4. The van der Waals surface area contributed by atoms with E-state index in [-0.39, 0.29) is 24.8 Å². The third kappa shape index (κ3) is 5.92. The quantitative estimate of drug-likeness (QED) is 0.375. The predicted octanol–water partition coefficient (Wildman–Crippen LogP) is 3.94. The van der Waals surface area contributed by atoms with E-state index in [0.29, 0.717) is 24.1 Å². The summed E-state index contributed by atoms with van der Waals surface area (Å²) in [5, 5.41) is 14.7. The van der Waals surface area contributed by atoms with E-state index in [2.05, 4.69) is 5.32 Å². The SMILES string of the molecule is CC(C)C[C@@H](NC(CCN1C(=O)c2cc3ccccc3cc2C1=O)C(=O)O)C(=O)N(C)Cc1ccccc1. The summed E-state index contributed by atoms with van der Waals surface area (Å²) in [5.74, 6) is -2.07. The van der Waals surface area contributed by atoms with Gasteiger partial charge in [-0.05, 0) is 47.2 Å². The third-order valence-corrected chi connectivity index (χ3v) is 6.82. The minimum absolute atomic E-state index is 0.0232. The van der Waals surface area contributed by atoms with Crippen molar-refractivity contribution >= 4 is 34.5 Å². The van der Waals surface area contributed by atoms with Crippen LogP contribution >= 0.6 is 0 Å². The average molecular weight is 516 g/mol. The largest absolute Gasteiger partial charge is 0.480 e. The van der Waals surface area contributed by atoms with Crippen LogP contribution in [0.1, 0.15) is 53.0 Å². The molecular weight excluding hydrogens is 482 g/mol. The van der Waals surface area contributed by atoms with Crippen LogP contribution in [0.15, 0.2) is 66.7 Å². The summed E-state index contributed by atoms with van der Waals surface area (Å²) in [5.41, 5.74) is 1.62. The van der Waals surface area contributed by atoms with Crippen LogP contribution in [-0.4, -0.2) is 64.3 Å². The van der Waals surface area contributed by atoms with Gasteiger partial charge >= 0.3 is 5.97 Å². The van der Waals surface area contributed by atoms with Gasteiger partial charge in [0.15, 0.2) is 0 Å². The first-order valence-electron chi connectivity index (χ1n) is 12.8. The second kappa shape index (κ2) is 11.6. The Hall–Kier alpha value is -4.04. The summed E-state index contributed by atoms with van der Waals surface area (Å²) in [4.78, 5) is 54.3. The summed E-state index contributed by atoms with van der Waals surface area (Å²) >= 11 is 0. The molecule has 0 aromatic heterocycles. The molecule has 0 bridgehead atoms. The summed E-state index contributed by atoms with van der Waals surface area (Å²) in [6, 6.07) is 18.6. The number of carbonyl (C=O) groups is 4. The Morgan fingerprint density at radius 2 is 1.45 bits per heavy atom. The maximum Gasteiger partial charge on any atom is 0.320 e. The summed E-state index contributed by atoms with van der Waals surface area (Å²) < 4.78 is 0. The van der Waals surface area contributed by atoms with Gasteiger partial charge in [0.1, 0.15) is 6.04 Å². The van der Waals surface area contributed by atoms with Crippen LogP contribution in [0.5, 0.6) is 0 Å². The molecule has 4 rings (SSSR count). The number of carbonyl (C=O) groups excluding carboxylic acids is 3. The van der Waals surface area contributed by atoms with Gasteiger partial charge in [-0.1, -0.05) is 68.4 Å². The van der Waals surface area contributed by atoms with Crippen molar-refractivity contribution in [3.8, 4) is 0 Å². The molecule has 1 aliphatic heterocycles. The smallest absolute Gasteiger partial charge is 0.320 e. The van der Waals surface area contributed by atoms with Crippen LogP contribution in [0, 0.1) is 5.92 Å². The number of hydrogen-bond donors (Lipinski definition) is 2. The summed E-state index contributed by atoms with van der Waals surface area (Å²) in [6.45, 7) is 4.27. The molecule has 198 valence electrons. The van der Waals surface area contributed by atoms with Crippen molar-refractivity contribution in [3.63, 3.8) is 0 Å². The number of amides is 3. The van der Waals surface area contributed by atoms with E-state index < -0.39 is 29.9 Å². The molecule has 1 aliphatic rings. The highest BCUT2D eigenvalue weighted by Gasteiger charge is 2.37. The molecule has 0 saturated carbocycles. The Labute approximate surface area is 222 Å². The lowest BCUT2D eigenvalue weighted by atomic mass is 10.0. The third-order valence-electron chi connectivity index (χ3n) is 6.82. The Morgan fingerprint density at radius 1 is 0.895 bits per heavy atom. The van der Waals surface area contributed by atoms with Gasteiger partial charge in [0, 0.05) is 20.1 Å². The van der Waals surface area contributed by atoms with Gasteiger partial charge in [-0.15, -0.1) is 0 Å². The van der Waals surface area contributed by atoms with E-state index in [1.807, 2.05) is 68.4 Å². The number of carboxylic acid groups (broad SMARTS) is 1. The first-order valence-corrected chi connectivity index (χ1v) is 12.8. The fraction of sp³-hybridized carbons (Fsp3) is 0.333. The van der Waals surface area contributed by atoms with Crippen LogP contribution in [-0.2, 0) is 16.1 Å². The standard InChI is InChI=1S/C30H33N3O5/c1-19(2)15-26(29(36)32(3)18-20-9-5-4-6-10-20)31-25(30(37)38)13-14-33-27(34)23-16-21-11-7-8-12-22(21)17-24(23)28(33)35/h4-12,16-17,19,25-26,31H,13-15,18H2,1-3H3,(H,37,38)/t25?,26-/m1/s1. The fourth-order valence-electron chi connectivity index (χ4n) is 4.87. The fourth-order valence-corrected chi connectivity index (χ4v) is 4.87. The number of hydrogen-bond acceptors (Lipinski definition) is 5. The lowest BCUT2D eigenvalue weighted by Crippen LogP contribution is -2.52. The zero-order chi connectivity index (χ0) is 27.4. The Bertz CT molecular complexity index is 1300.